The number of hydrogen-bond donors (Lipinski definition) is 0. The Hall–Kier alpha value is -0.820. The normalized spacial score (nSPS) is 10.6. The Morgan fingerprint density at radius 1 is 1.64 bits per heavy atom. The number of aromatic nitrogens is 1. The minimum Gasteiger partial charge on any atom is -0.358 e. The van der Waals surface area contributed by atoms with Gasteiger partial charge in [0, 0.05) is 10.5 Å². The van der Waals surface area contributed by atoms with Crippen molar-refractivity contribution in [3.63, 3.8) is 0 Å². The molecule has 1 rings (SSSR count). The summed E-state index contributed by atoms with van der Waals surface area (Å²) in [6.07, 6.45) is -2.98. The molecule has 1 aromatic heterocycles. The van der Waals surface area contributed by atoms with Crippen molar-refractivity contribution < 1.29 is 13.7 Å². The molecule has 0 aromatic carbocycles. The second-order valence-corrected chi connectivity index (χ2v) is 3.46. The summed E-state index contributed by atoms with van der Waals surface area (Å²) in [7, 11) is 0. The first-order chi connectivity index (χ1) is 6.43. The van der Waals surface area contributed by atoms with E-state index in [9.17, 15) is 18.9 Å². The fraction of sp³-hybridized carbons (Fsp3) is 0.167. The molecule has 0 bridgehead atoms. The first kappa shape index (κ1) is 11.3. The van der Waals surface area contributed by atoms with Crippen LogP contribution in [0.5, 0.6) is 0 Å². The topological polar surface area (TPSA) is 56.0 Å². The van der Waals surface area contributed by atoms with E-state index in [1.807, 2.05) is 0 Å². The molecule has 0 unspecified atom stereocenters. The van der Waals surface area contributed by atoms with Crippen LogP contribution in [-0.2, 0) is 0 Å². The molecular weight excluding hydrogens is 285 g/mol. The maximum absolute atomic E-state index is 12.4. The maximum atomic E-state index is 12.4. The Labute approximate surface area is 90.2 Å². The van der Waals surface area contributed by atoms with Crippen LogP contribution < -0.4 is 0 Å². The summed E-state index contributed by atoms with van der Waals surface area (Å²) >= 11 is 8.14. The number of halogens is 4. The van der Waals surface area contributed by atoms with Gasteiger partial charge in [-0.2, -0.15) is 0 Å². The summed E-state index contributed by atoms with van der Waals surface area (Å²) < 4.78 is 24.6. The zero-order valence-corrected chi connectivity index (χ0v) is 8.72. The highest BCUT2D eigenvalue weighted by Crippen LogP contribution is 2.35. The van der Waals surface area contributed by atoms with Gasteiger partial charge in [0.05, 0.1) is 0 Å². The Morgan fingerprint density at radius 2 is 2.21 bits per heavy atom. The van der Waals surface area contributed by atoms with Crippen molar-refractivity contribution in [1.82, 2.24) is 4.98 Å². The number of hydrogen-bond acceptors (Lipinski definition) is 3. The van der Waals surface area contributed by atoms with E-state index in [0.29, 0.717) is 0 Å². The molecule has 0 radical (unpaired) electrons. The predicted molar refractivity (Wildman–Crippen MR) is 48.6 cm³/mol. The van der Waals surface area contributed by atoms with Crippen molar-refractivity contribution in [1.29, 1.82) is 0 Å². The molecule has 0 amide bonds. The van der Waals surface area contributed by atoms with Gasteiger partial charge in [0.1, 0.15) is 5.56 Å². The van der Waals surface area contributed by atoms with Crippen LogP contribution in [0.2, 0.25) is 5.15 Å². The van der Waals surface area contributed by atoms with E-state index in [0.717, 1.165) is 6.07 Å². The zero-order chi connectivity index (χ0) is 10.9. The molecule has 8 heteroatoms. The molecule has 0 saturated heterocycles. The van der Waals surface area contributed by atoms with Gasteiger partial charge in [-0.05, 0) is 37.4 Å². The summed E-state index contributed by atoms with van der Waals surface area (Å²) in [6, 6.07) is 1.08. The largest absolute Gasteiger partial charge is 0.375 e. The fourth-order valence-corrected chi connectivity index (χ4v) is 1.71. The second-order valence-electron chi connectivity index (χ2n) is 2.22. The number of alkyl halides is 2. The third-order valence-corrected chi connectivity index (χ3v) is 2.20. The molecule has 0 aliphatic heterocycles. The standard InChI is InChI=1S/C6H2BrClF2N2O2/c7-2-1-3(8)11-6(12(13)14)4(2)5(9)10/h1,5H. The van der Waals surface area contributed by atoms with Crippen molar-refractivity contribution in [2.24, 2.45) is 0 Å². The van der Waals surface area contributed by atoms with Gasteiger partial charge in [0.25, 0.3) is 6.43 Å². The molecule has 0 atom stereocenters. The summed E-state index contributed by atoms with van der Waals surface area (Å²) in [4.78, 5) is 12.6. The second kappa shape index (κ2) is 4.14. The summed E-state index contributed by atoms with van der Waals surface area (Å²) in [5.74, 6) is -0.931. The van der Waals surface area contributed by atoms with Gasteiger partial charge in [-0.25, -0.2) is 8.78 Å². The smallest absolute Gasteiger partial charge is 0.358 e. The first-order valence-corrected chi connectivity index (χ1v) is 4.39. The minimum atomic E-state index is -2.98. The van der Waals surface area contributed by atoms with Crippen LogP contribution in [0, 0.1) is 10.1 Å². The van der Waals surface area contributed by atoms with E-state index in [1.54, 1.807) is 0 Å². The average molecular weight is 287 g/mol. The molecule has 1 aromatic rings. The van der Waals surface area contributed by atoms with Crippen LogP contribution in [0.4, 0.5) is 14.6 Å². The van der Waals surface area contributed by atoms with Gasteiger partial charge in [0.15, 0.2) is 0 Å². The summed E-state index contributed by atoms with van der Waals surface area (Å²) in [6.45, 7) is 0. The van der Waals surface area contributed by atoms with E-state index in [-0.39, 0.29) is 9.63 Å². The first-order valence-electron chi connectivity index (χ1n) is 3.22. The third-order valence-electron chi connectivity index (χ3n) is 1.35. The van der Waals surface area contributed by atoms with E-state index in [1.165, 1.54) is 0 Å². The molecule has 4 nitrogen and oxygen atoms in total. The van der Waals surface area contributed by atoms with Crippen molar-refractivity contribution in [2.75, 3.05) is 0 Å². The Morgan fingerprint density at radius 3 is 2.64 bits per heavy atom. The lowest BCUT2D eigenvalue weighted by molar-refractivity contribution is -0.391. The molecule has 0 aliphatic carbocycles. The van der Waals surface area contributed by atoms with Crippen molar-refractivity contribution in [2.45, 2.75) is 6.43 Å². The molecule has 0 fully saturated rings. The van der Waals surface area contributed by atoms with Crippen molar-refractivity contribution in [3.05, 3.63) is 31.4 Å². The number of nitrogens with zero attached hydrogens (tertiary/aromatic N) is 2. The highest BCUT2D eigenvalue weighted by molar-refractivity contribution is 9.10. The Balaban J connectivity index is 3.44. The van der Waals surface area contributed by atoms with E-state index >= 15 is 0 Å². The van der Waals surface area contributed by atoms with Gasteiger partial charge in [-0.3, -0.25) is 0 Å². The molecular formula is C6H2BrClF2N2O2. The van der Waals surface area contributed by atoms with E-state index in [4.69, 9.17) is 11.6 Å². The monoisotopic (exact) mass is 286 g/mol. The van der Waals surface area contributed by atoms with E-state index < -0.39 is 22.7 Å². The van der Waals surface area contributed by atoms with Crippen molar-refractivity contribution >= 4 is 33.3 Å². The van der Waals surface area contributed by atoms with Crippen LogP contribution >= 0.6 is 27.5 Å². The van der Waals surface area contributed by atoms with Gasteiger partial charge in [0.2, 0.25) is 5.15 Å². The van der Waals surface area contributed by atoms with Crippen LogP contribution in [-0.4, -0.2) is 9.91 Å². The van der Waals surface area contributed by atoms with Crippen LogP contribution in [0.25, 0.3) is 0 Å². The lowest BCUT2D eigenvalue weighted by atomic mass is 10.3. The van der Waals surface area contributed by atoms with Gasteiger partial charge < -0.3 is 10.1 Å². The average Bonchev–Trinajstić information content (AvgIpc) is 2.01. The number of nitro groups is 1. The quantitative estimate of drug-likeness (QED) is 0.476. The molecule has 0 aliphatic rings. The fourth-order valence-electron chi connectivity index (χ4n) is 0.824. The molecule has 14 heavy (non-hydrogen) atoms. The maximum Gasteiger partial charge on any atom is 0.375 e. The molecule has 0 spiro atoms. The third kappa shape index (κ3) is 2.16. The Kier molecular flexibility index (Phi) is 3.33. The summed E-state index contributed by atoms with van der Waals surface area (Å²) in [5, 5.41) is 10.1. The van der Waals surface area contributed by atoms with Crippen LogP contribution in [0.3, 0.4) is 0 Å². The number of rotatable bonds is 2. The highest BCUT2D eigenvalue weighted by Gasteiger charge is 2.27. The van der Waals surface area contributed by atoms with Gasteiger partial charge in [-0.15, -0.1) is 0 Å². The van der Waals surface area contributed by atoms with E-state index in [2.05, 4.69) is 20.9 Å². The van der Waals surface area contributed by atoms with Crippen molar-refractivity contribution in [3.8, 4) is 0 Å². The number of pyridine rings is 1. The Bertz CT molecular complexity index is 388. The van der Waals surface area contributed by atoms with Crippen LogP contribution in [0.15, 0.2) is 10.5 Å². The van der Waals surface area contributed by atoms with Crippen LogP contribution in [0.1, 0.15) is 12.0 Å². The predicted octanol–water partition coefficient (Wildman–Crippen LogP) is 3.34. The molecule has 0 saturated carbocycles. The van der Waals surface area contributed by atoms with Gasteiger partial charge in [-0.1, -0.05) is 0 Å². The lowest BCUT2D eigenvalue weighted by Crippen LogP contribution is -2.00. The summed E-state index contributed by atoms with van der Waals surface area (Å²) in [5.41, 5.74) is -0.764. The SMILES string of the molecule is O=[N+]([O-])c1nc(Cl)cc(Br)c1C(F)F. The minimum absolute atomic E-state index is 0.126. The molecule has 1 heterocycles. The lowest BCUT2D eigenvalue weighted by Gasteiger charge is -2.03. The molecule has 76 valence electrons. The zero-order valence-electron chi connectivity index (χ0n) is 6.38. The highest BCUT2D eigenvalue weighted by atomic mass is 79.9. The molecule has 0 N–H and O–H groups in total. The van der Waals surface area contributed by atoms with Gasteiger partial charge >= 0.3 is 5.82 Å².